The number of anilines is 1. The van der Waals surface area contributed by atoms with Crippen LogP contribution in [0.2, 0.25) is 5.02 Å². The lowest BCUT2D eigenvalue weighted by molar-refractivity contribution is 0.0737. The van der Waals surface area contributed by atoms with E-state index >= 15 is 0 Å². The fraction of sp³-hybridized carbons (Fsp3) is 0.538. The fourth-order valence-corrected chi connectivity index (χ4v) is 5.30. The SMILES string of the molecule is COC1CCCCC1S(=O)(=O)c1c(Cl)ccc(N)c1O. The molecule has 20 heavy (non-hydrogen) atoms. The third-order valence-corrected chi connectivity index (χ3v) is 6.49. The van der Waals surface area contributed by atoms with Crippen LogP contribution in [0.25, 0.3) is 0 Å². The van der Waals surface area contributed by atoms with Crippen LogP contribution in [0, 0.1) is 0 Å². The van der Waals surface area contributed by atoms with Gasteiger partial charge in [0.15, 0.2) is 15.6 Å². The fourth-order valence-electron chi connectivity index (χ4n) is 2.67. The number of nitrogen functional groups attached to an aromatic ring is 1. The summed E-state index contributed by atoms with van der Waals surface area (Å²) in [4.78, 5) is -0.284. The van der Waals surface area contributed by atoms with Crippen molar-refractivity contribution in [2.24, 2.45) is 0 Å². The molecule has 2 rings (SSSR count). The molecule has 0 amide bonds. The van der Waals surface area contributed by atoms with Crippen molar-refractivity contribution in [3.63, 3.8) is 0 Å². The maximum absolute atomic E-state index is 12.8. The molecule has 0 spiro atoms. The molecule has 1 saturated carbocycles. The number of hydrogen-bond acceptors (Lipinski definition) is 5. The first-order chi connectivity index (χ1) is 9.39. The Balaban J connectivity index is 2.52. The van der Waals surface area contributed by atoms with E-state index in [4.69, 9.17) is 22.1 Å². The molecule has 1 aromatic carbocycles. The van der Waals surface area contributed by atoms with Gasteiger partial charge in [0.1, 0.15) is 4.90 Å². The Morgan fingerprint density at radius 1 is 1.35 bits per heavy atom. The molecule has 2 unspecified atom stereocenters. The quantitative estimate of drug-likeness (QED) is 0.659. The van der Waals surface area contributed by atoms with Gasteiger partial charge in [0.05, 0.1) is 22.1 Å². The van der Waals surface area contributed by atoms with Crippen molar-refractivity contribution >= 4 is 27.1 Å². The Morgan fingerprint density at radius 3 is 2.65 bits per heavy atom. The molecular formula is C13H18ClNO4S. The molecular weight excluding hydrogens is 302 g/mol. The van der Waals surface area contributed by atoms with E-state index in [2.05, 4.69) is 0 Å². The summed E-state index contributed by atoms with van der Waals surface area (Å²) in [6, 6.07) is 2.76. The number of phenols is 1. The molecule has 0 aromatic heterocycles. The van der Waals surface area contributed by atoms with Gasteiger partial charge in [-0.15, -0.1) is 0 Å². The van der Waals surface area contributed by atoms with Crippen LogP contribution in [0.5, 0.6) is 5.75 Å². The van der Waals surface area contributed by atoms with Gasteiger partial charge >= 0.3 is 0 Å². The first-order valence-corrected chi connectivity index (χ1v) is 8.35. The number of methoxy groups -OCH3 is 1. The number of nitrogens with two attached hydrogens (primary N) is 1. The van der Waals surface area contributed by atoms with Gasteiger partial charge in [0.25, 0.3) is 0 Å². The first kappa shape index (κ1) is 15.4. The van der Waals surface area contributed by atoms with Gasteiger partial charge in [-0.05, 0) is 25.0 Å². The summed E-state index contributed by atoms with van der Waals surface area (Å²) < 4.78 is 30.8. The predicted octanol–water partition coefficient (Wildman–Crippen LogP) is 2.36. The lowest BCUT2D eigenvalue weighted by atomic mass is 9.97. The number of aromatic hydroxyl groups is 1. The van der Waals surface area contributed by atoms with Crippen molar-refractivity contribution in [1.29, 1.82) is 0 Å². The minimum atomic E-state index is -3.79. The highest BCUT2D eigenvalue weighted by atomic mass is 35.5. The van der Waals surface area contributed by atoms with E-state index in [0.29, 0.717) is 12.8 Å². The molecule has 2 atom stereocenters. The molecule has 112 valence electrons. The van der Waals surface area contributed by atoms with Crippen LogP contribution in [-0.4, -0.2) is 32.0 Å². The normalized spacial score (nSPS) is 23.7. The Hall–Kier alpha value is -0.980. The summed E-state index contributed by atoms with van der Waals surface area (Å²) in [5, 5.41) is 9.26. The van der Waals surface area contributed by atoms with Crippen molar-refractivity contribution in [2.45, 2.75) is 41.9 Å². The van der Waals surface area contributed by atoms with E-state index in [0.717, 1.165) is 12.8 Å². The van der Waals surface area contributed by atoms with Crippen LogP contribution in [0.15, 0.2) is 17.0 Å². The summed E-state index contributed by atoms with van der Waals surface area (Å²) in [7, 11) is -2.29. The van der Waals surface area contributed by atoms with Gasteiger partial charge < -0.3 is 15.6 Å². The number of sulfone groups is 1. The minimum absolute atomic E-state index is 0.00208. The van der Waals surface area contributed by atoms with Crippen LogP contribution in [0.1, 0.15) is 25.7 Å². The highest BCUT2D eigenvalue weighted by molar-refractivity contribution is 7.92. The molecule has 0 heterocycles. The molecule has 1 aromatic rings. The van der Waals surface area contributed by atoms with Gasteiger partial charge in [-0.25, -0.2) is 8.42 Å². The molecule has 7 heteroatoms. The zero-order chi connectivity index (χ0) is 14.9. The maximum Gasteiger partial charge on any atom is 0.188 e. The van der Waals surface area contributed by atoms with Crippen molar-refractivity contribution < 1.29 is 18.3 Å². The summed E-state index contributed by atoms with van der Waals surface area (Å²) in [5.41, 5.74) is 5.58. The lowest BCUT2D eigenvalue weighted by Crippen LogP contribution is -2.38. The number of phenolic OH excluding ortho intramolecular Hbond substituents is 1. The second-order valence-corrected chi connectivity index (χ2v) is 7.47. The lowest BCUT2D eigenvalue weighted by Gasteiger charge is -2.30. The summed E-state index contributed by atoms with van der Waals surface area (Å²) >= 11 is 5.96. The van der Waals surface area contributed by atoms with Gasteiger partial charge in [-0.1, -0.05) is 24.4 Å². The minimum Gasteiger partial charge on any atom is -0.504 e. The molecule has 5 nitrogen and oxygen atoms in total. The molecule has 0 bridgehead atoms. The zero-order valence-corrected chi connectivity index (χ0v) is 12.7. The number of rotatable bonds is 3. The highest BCUT2D eigenvalue weighted by Gasteiger charge is 2.39. The van der Waals surface area contributed by atoms with Crippen molar-refractivity contribution in [3.05, 3.63) is 17.2 Å². The monoisotopic (exact) mass is 319 g/mol. The van der Waals surface area contributed by atoms with E-state index < -0.39 is 20.8 Å². The Morgan fingerprint density at radius 2 is 2.00 bits per heavy atom. The number of halogens is 1. The predicted molar refractivity (Wildman–Crippen MR) is 77.8 cm³/mol. The summed E-state index contributed by atoms with van der Waals surface area (Å²) in [5.74, 6) is -0.474. The molecule has 0 saturated heterocycles. The van der Waals surface area contributed by atoms with Crippen LogP contribution >= 0.6 is 11.6 Å². The number of ether oxygens (including phenoxy) is 1. The molecule has 1 aliphatic rings. The number of hydrogen-bond donors (Lipinski definition) is 2. The van der Waals surface area contributed by atoms with Crippen LogP contribution in [0.3, 0.4) is 0 Å². The molecule has 1 fully saturated rings. The molecule has 0 aliphatic heterocycles. The third kappa shape index (κ3) is 2.60. The Labute approximate surface area is 123 Å². The average molecular weight is 320 g/mol. The summed E-state index contributed by atoms with van der Waals surface area (Å²) in [6.45, 7) is 0. The van der Waals surface area contributed by atoms with E-state index in [9.17, 15) is 13.5 Å². The first-order valence-electron chi connectivity index (χ1n) is 6.43. The van der Waals surface area contributed by atoms with E-state index in [1.807, 2.05) is 0 Å². The maximum atomic E-state index is 12.8. The Bertz CT molecular complexity index is 603. The van der Waals surface area contributed by atoms with Gasteiger partial charge in [0, 0.05) is 7.11 Å². The molecule has 0 radical (unpaired) electrons. The van der Waals surface area contributed by atoms with Crippen molar-refractivity contribution in [1.82, 2.24) is 0 Å². The van der Waals surface area contributed by atoms with Gasteiger partial charge in [-0.2, -0.15) is 0 Å². The largest absolute Gasteiger partial charge is 0.504 e. The van der Waals surface area contributed by atoms with E-state index in [1.165, 1.54) is 19.2 Å². The van der Waals surface area contributed by atoms with Gasteiger partial charge in [-0.3, -0.25) is 0 Å². The molecule has 3 N–H and O–H groups in total. The van der Waals surface area contributed by atoms with Crippen LogP contribution < -0.4 is 5.73 Å². The standard InChI is InChI=1S/C13H18ClNO4S/c1-19-10-4-2-3-5-11(10)20(17,18)13-8(14)6-7-9(15)12(13)16/h6-7,10-11,16H,2-5,15H2,1H3. The number of benzene rings is 1. The topological polar surface area (TPSA) is 89.6 Å². The van der Waals surface area contributed by atoms with Crippen LogP contribution in [-0.2, 0) is 14.6 Å². The zero-order valence-electron chi connectivity index (χ0n) is 11.2. The second-order valence-electron chi connectivity index (χ2n) is 4.96. The third-order valence-electron chi connectivity index (χ3n) is 3.74. The smallest absolute Gasteiger partial charge is 0.188 e. The average Bonchev–Trinajstić information content (AvgIpc) is 2.43. The molecule has 1 aliphatic carbocycles. The van der Waals surface area contributed by atoms with E-state index in [-0.39, 0.29) is 21.7 Å². The van der Waals surface area contributed by atoms with Crippen molar-refractivity contribution in [3.8, 4) is 5.75 Å². The van der Waals surface area contributed by atoms with Gasteiger partial charge in [0.2, 0.25) is 0 Å². The van der Waals surface area contributed by atoms with Crippen LogP contribution in [0.4, 0.5) is 5.69 Å². The highest BCUT2D eigenvalue weighted by Crippen LogP contribution is 2.40. The second kappa shape index (κ2) is 5.79. The van der Waals surface area contributed by atoms with E-state index in [1.54, 1.807) is 0 Å². The summed E-state index contributed by atoms with van der Waals surface area (Å²) in [6.07, 6.45) is 2.53. The Kier molecular flexibility index (Phi) is 4.46. The van der Waals surface area contributed by atoms with Crippen molar-refractivity contribution in [2.75, 3.05) is 12.8 Å².